The number of rotatable bonds is 3. The van der Waals surface area contributed by atoms with Crippen molar-refractivity contribution in [2.75, 3.05) is 6.54 Å². The summed E-state index contributed by atoms with van der Waals surface area (Å²) in [6.07, 6.45) is 3.97. The molecule has 0 bridgehead atoms. The summed E-state index contributed by atoms with van der Waals surface area (Å²) >= 11 is 0. The van der Waals surface area contributed by atoms with E-state index in [9.17, 15) is 0 Å². The zero-order chi connectivity index (χ0) is 10.5. The van der Waals surface area contributed by atoms with Gasteiger partial charge in [-0.15, -0.1) is 0 Å². The van der Waals surface area contributed by atoms with Gasteiger partial charge in [-0.3, -0.25) is 0 Å². The van der Waals surface area contributed by atoms with E-state index in [-0.39, 0.29) is 0 Å². The zero-order valence-electron chi connectivity index (χ0n) is 9.33. The molecule has 0 spiro atoms. The topological polar surface area (TPSA) is 21.3 Å². The Morgan fingerprint density at radius 2 is 2.27 bits per heavy atom. The minimum atomic E-state index is 0.341. The van der Waals surface area contributed by atoms with Gasteiger partial charge in [0.2, 0.25) is 0 Å². The highest BCUT2D eigenvalue weighted by Crippen LogP contribution is 2.22. The van der Waals surface area contributed by atoms with Gasteiger partial charge < -0.3 is 10.1 Å². The highest BCUT2D eigenvalue weighted by atomic mass is 16.5. The number of ether oxygens (including phenoxy) is 1. The molecule has 1 heterocycles. The van der Waals surface area contributed by atoms with E-state index in [2.05, 4.69) is 30.4 Å². The van der Waals surface area contributed by atoms with Crippen LogP contribution in [-0.4, -0.2) is 12.6 Å². The van der Waals surface area contributed by atoms with Gasteiger partial charge in [-0.05, 0) is 18.9 Å². The van der Waals surface area contributed by atoms with Crippen LogP contribution in [-0.2, 0) is 6.54 Å². The number of para-hydroxylation sites is 1. The van der Waals surface area contributed by atoms with Crippen molar-refractivity contribution < 1.29 is 4.74 Å². The molecule has 1 atom stereocenters. The van der Waals surface area contributed by atoms with Crippen molar-refractivity contribution in [3.05, 3.63) is 29.8 Å². The summed E-state index contributed by atoms with van der Waals surface area (Å²) < 4.78 is 6.00. The predicted molar refractivity (Wildman–Crippen MR) is 62.1 cm³/mol. The quantitative estimate of drug-likeness (QED) is 0.819. The molecule has 0 saturated carbocycles. The summed E-state index contributed by atoms with van der Waals surface area (Å²) in [5.41, 5.74) is 1.27. The Morgan fingerprint density at radius 1 is 1.40 bits per heavy atom. The van der Waals surface area contributed by atoms with E-state index in [4.69, 9.17) is 4.74 Å². The Morgan fingerprint density at radius 3 is 3.13 bits per heavy atom. The number of fused-ring (bicyclic) bond motifs is 1. The molecule has 1 aliphatic heterocycles. The van der Waals surface area contributed by atoms with Crippen LogP contribution in [0, 0.1) is 0 Å². The Labute approximate surface area is 91.6 Å². The van der Waals surface area contributed by atoms with E-state index >= 15 is 0 Å². The first kappa shape index (κ1) is 10.5. The van der Waals surface area contributed by atoms with Gasteiger partial charge in [-0.2, -0.15) is 0 Å². The molecule has 0 radical (unpaired) electrons. The van der Waals surface area contributed by atoms with Crippen molar-refractivity contribution in [1.29, 1.82) is 0 Å². The Balaban J connectivity index is 2.04. The molecule has 0 amide bonds. The lowest BCUT2D eigenvalue weighted by Gasteiger charge is -2.16. The van der Waals surface area contributed by atoms with Gasteiger partial charge in [0.05, 0.1) is 0 Å². The second-order valence-electron chi connectivity index (χ2n) is 4.12. The Kier molecular flexibility index (Phi) is 3.62. The fraction of sp³-hybridized carbons (Fsp3) is 0.538. The van der Waals surface area contributed by atoms with Crippen molar-refractivity contribution in [3.8, 4) is 5.75 Å². The molecule has 0 aromatic heterocycles. The fourth-order valence-corrected chi connectivity index (χ4v) is 1.95. The van der Waals surface area contributed by atoms with E-state index in [1.165, 1.54) is 18.4 Å². The van der Waals surface area contributed by atoms with E-state index in [1.807, 2.05) is 6.07 Å². The first-order valence-corrected chi connectivity index (χ1v) is 5.85. The molecule has 1 aromatic carbocycles. The zero-order valence-corrected chi connectivity index (χ0v) is 9.33. The molecule has 1 unspecified atom stereocenters. The van der Waals surface area contributed by atoms with Crippen LogP contribution in [0.1, 0.15) is 31.7 Å². The summed E-state index contributed by atoms with van der Waals surface area (Å²) in [5, 5.41) is 3.44. The Hall–Kier alpha value is -1.02. The van der Waals surface area contributed by atoms with Gasteiger partial charge in [-0.25, -0.2) is 0 Å². The lowest BCUT2D eigenvalue weighted by Crippen LogP contribution is -2.28. The third-order valence-electron chi connectivity index (χ3n) is 2.83. The van der Waals surface area contributed by atoms with Crippen molar-refractivity contribution in [1.82, 2.24) is 5.32 Å². The molecule has 82 valence electrons. The molecule has 2 rings (SSSR count). The van der Waals surface area contributed by atoms with Crippen LogP contribution in [0.2, 0.25) is 0 Å². The van der Waals surface area contributed by atoms with E-state index in [0.29, 0.717) is 6.10 Å². The molecule has 1 N–H and O–H groups in total. The number of hydrogen-bond acceptors (Lipinski definition) is 2. The smallest absolute Gasteiger partial charge is 0.124 e. The molecule has 2 heteroatoms. The first-order chi connectivity index (χ1) is 7.40. The standard InChI is InChI=1S/C13H19NO/c1-2-3-7-12-10-14-9-11-6-4-5-8-13(11)15-12/h4-6,8,12,14H,2-3,7,9-10H2,1H3. The van der Waals surface area contributed by atoms with Gasteiger partial charge in [0.25, 0.3) is 0 Å². The maximum absolute atomic E-state index is 6.00. The monoisotopic (exact) mass is 205 g/mol. The summed E-state index contributed by atoms with van der Waals surface area (Å²) in [7, 11) is 0. The highest BCUT2D eigenvalue weighted by molar-refractivity contribution is 5.34. The SMILES string of the molecule is CCCCC1CNCc2ccccc2O1. The van der Waals surface area contributed by atoms with Gasteiger partial charge in [0.15, 0.2) is 0 Å². The third-order valence-corrected chi connectivity index (χ3v) is 2.83. The molecule has 0 saturated heterocycles. The molecule has 1 aromatic rings. The normalized spacial score (nSPS) is 20.2. The van der Waals surface area contributed by atoms with Crippen LogP contribution in [0.15, 0.2) is 24.3 Å². The van der Waals surface area contributed by atoms with E-state index in [0.717, 1.165) is 25.3 Å². The fourth-order valence-electron chi connectivity index (χ4n) is 1.95. The molecule has 1 aliphatic rings. The van der Waals surface area contributed by atoms with Crippen molar-refractivity contribution in [2.24, 2.45) is 0 Å². The van der Waals surface area contributed by atoms with Gasteiger partial charge in [0.1, 0.15) is 11.9 Å². The summed E-state index contributed by atoms with van der Waals surface area (Å²) in [4.78, 5) is 0. The van der Waals surface area contributed by atoms with E-state index in [1.54, 1.807) is 0 Å². The second kappa shape index (κ2) is 5.17. The van der Waals surface area contributed by atoms with Gasteiger partial charge >= 0.3 is 0 Å². The average Bonchev–Trinajstić information content (AvgIpc) is 2.47. The van der Waals surface area contributed by atoms with Crippen LogP contribution in [0.3, 0.4) is 0 Å². The summed E-state index contributed by atoms with van der Waals surface area (Å²) in [6, 6.07) is 8.31. The minimum absolute atomic E-state index is 0.341. The number of hydrogen-bond donors (Lipinski definition) is 1. The van der Waals surface area contributed by atoms with Crippen LogP contribution in [0.25, 0.3) is 0 Å². The molecule has 0 fully saturated rings. The molecular formula is C13H19NO. The lowest BCUT2D eigenvalue weighted by molar-refractivity contribution is 0.192. The van der Waals surface area contributed by atoms with Crippen LogP contribution < -0.4 is 10.1 Å². The lowest BCUT2D eigenvalue weighted by atomic mass is 10.1. The number of nitrogens with one attached hydrogen (secondary N) is 1. The van der Waals surface area contributed by atoms with Crippen molar-refractivity contribution in [2.45, 2.75) is 38.8 Å². The molecule has 2 nitrogen and oxygen atoms in total. The van der Waals surface area contributed by atoms with Crippen LogP contribution >= 0.6 is 0 Å². The highest BCUT2D eigenvalue weighted by Gasteiger charge is 2.15. The average molecular weight is 205 g/mol. The third kappa shape index (κ3) is 2.72. The Bertz CT molecular complexity index is 309. The molecule has 0 aliphatic carbocycles. The van der Waals surface area contributed by atoms with Crippen LogP contribution in [0.4, 0.5) is 0 Å². The van der Waals surface area contributed by atoms with Crippen molar-refractivity contribution in [3.63, 3.8) is 0 Å². The van der Waals surface area contributed by atoms with Gasteiger partial charge in [-0.1, -0.05) is 31.5 Å². The van der Waals surface area contributed by atoms with Crippen molar-refractivity contribution >= 4 is 0 Å². The summed E-state index contributed by atoms with van der Waals surface area (Å²) in [6.45, 7) is 4.12. The maximum Gasteiger partial charge on any atom is 0.124 e. The van der Waals surface area contributed by atoms with Gasteiger partial charge in [0, 0.05) is 18.7 Å². The predicted octanol–water partition coefficient (Wildman–Crippen LogP) is 2.73. The first-order valence-electron chi connectivity index (χ1n) is 5.85. The second-order valence-corrected chi connectivity index (χ2v) is 4.12. The van der Waals surface area contributed by atoms with Crippen LogP contribution in [0.5, 0.6) is 5.75 Å². The molecular weight excluding hydrogens is 186 g/mol. The number of benzene rings is 1. The number of unbranched alkanes of at least 4 members (excludes halogenated alkanes) is 1. The van der Waals surface area contributed by atoms with E-state index < -0.39 is 0 Å². The molecule has 15 heavy (non-hydrogen) atoms. The largest absolute Gasteiger partial charge is 0.489 e. The maximum atomic E-state index is 6.00. The summed E-state index contributed by atoms with van der Waals surface area (Å²) in [5.74, 6) is 1.06. The minimum Gasteiger partial charge on any atom is -0.489 e.